The lowest BCUT2D eigenvalue weighted by Crippen LogP contribution is -2.24. The van der Waals surface area contributed by atoms with Crippen molar-refractivity contribution in [3.8, 4) is 11.5 Å². The van der Waals surface area contributed by atoms with E-state index in [0.29, 0.717) is 23.8 Å². The normalized spacial score (nSPS) is 13.5. The molecule has 0 bridgehead atoms. The minimum atomic E-state index is -0.723. The topological polar surface area (TPSA) is 98.9 Å². The smallest absolute Gasteiger partial charge is 0.119 e. The Labute approximate surface area is 205 Å². The zero-order valence-corrected chi connectivity index (χ0v) is 20.5. The second kappa shape index (κ2) is 12.2. The predicted molar refractivity (Wildman–Crippen MR) is 129 cm³/mol. The monoisotopic (exact) mass is 489 g/mol. The summed E-state index contributed by atoms with van der Waals surface area (Å²) in [7, 11) is 1.59. The van der Waals surface area contributed by atoms with Gasteiger partial charge in [-0.15, -0.1) is 16.7 Å². The maximum atomic E-state index is 10.3. The molecule has 1 aromatic heterocycles. The highest BCUT2D eigenvalue weighted by Gasteiger charge is 2.23. The molecule has 0 amide bonds. The molecule has 184 valence electrons. The van der Waals surface area contributed by atoms with Crippen molar-refractivity contribution in [3.05, 3.63) is 71.5 Å². The van der Waals surface area contributed by atoms with Crippen LogP contribution in [0.4, 0.5) is 0 Å². The second-order valence-corrected chi connectivity index (χ2v) is 8.93. The zero-order chi connectivity index (χ0) is 24.6. The standard InChI is InChI=1S/C25H32ClN3O5/c1-25(2,18-4-8-23(9-5-18)33-16-21(30)12-26)19-6-10-24(11-7-19)34-17-22(31)14-29-13-20(15-32-3)27-28-29/h4-11,13,21-22,30-31H,12,14-17H2,1-3H3/t21-,22+/m1/s1. The Morgan fingerprint density at radius 1 is 0.912 bits per heavy atom. The summed E-state index contributed by atoms with van der Waals surface area (Å²) < 4.78 is 17.9. The largest absolute Gasteiger partial charge is 0.491 e. The Morgan fingerprint density at radius 2 is 1.44 bits per heavy atom. The summed E-state index contributed by atoms with van der Waals surface area (Å²) in [4.78, 5) is 0. The second-order valence-electron chi connectivity index (χ2n) is 8.62. The van der Waals surface area contributed by atoms with E-state index in [4.69, 9.17) is 25.8 Å². The minimum Gasteiger partial charge on any atom is -0.491 e. The Bertz CT molecular complexity index is 1010. The molecule has 0 spiro atoms. The number of benzene rings is 2. The first-order valence-electron chi connectivity index (χ1n) is 11.1. The van der Waals surface area contributed by atoms with Crippen molar-refractivity contribution in [3.63, 3.8) is 0 Å². The number of aliphatic hydroxyl groups excluding tert-OH is 2. The molecule has 0 radical (unpaired) electrons. The Balaban J connectivity index is 1.54. The number of hydrogen-bond acceptors (Lipinski definition) is 7. The molecule has 2 atom stereocenters. The number of methoxy groups -OCH3 is 1. The average Bonchev–Trinajstić information content (AvgIpc) is 3.28. The van der Waals surface area contributed by atoms with Gasteiger partial charge in [-0.1, -0.05) is 43.3 Å². The number of alkyl halides is 1. The van der Waals surface area contributed by atoms with Gasteiger partial charge in [0.2, 0.25) is 0 Å². The van der Waals surface area contributed by atoms with Gasteiger partial charge in [0.1, 0.15) is 42.6 Å². The molecule has 9 heteroatoms. The van der Waals surface area contributed by atoms with Crippen LogP contribution >= 0.6 is 11.6 Å². The van der Waals surface area contributed by atoms with Gasteiger partial charge in [-0.2, -0.15) is 0 Å². The van der Waals surface area contributed by atoms with Crippen LogP contribution in [0.5, 0.6) is 11.5 Å². The maximum Gasteiger partial charge on any atom is 0.119 e. The fourth-order valence-electron chi connectivity index (χ4n) is 3.44. The molecule has 0 saturated heterocycles. The summed E-state index contributed by atoms with van der Waals surface area (Å²) >= 11 is 5.60. The Morgan fingerprint density at radius 3 is 1.94 bits per heavy atom. The van der Waals surface area contributed by atoms with Crippen LogP contribution in [-0.2, 0) is 23.3 Å². The fraction of sp³-hybridized carbons (Fsp3) is 0.440. The van der Waals surface area contributed by atoms with Crippen LogP contribution in [0.25, 0.3) is 0 Å². The van der Waals surface area contributed by atoms with Crippen LogP contribution in [0.3, 0.4) is 0 Å². The summed E-state index contributed by atoms with van der Waals surface area (Å²) in [6.07, 6.45) is 0.335. The summed E-state index contributed by atoms with van der Waals surface area (Å²) in [5.74, 6) is 1.51. The van der Waals surface area contributed by atoms with Gasteiger partial charge in [-0.05, 0) is 35.4 Å². The Hall–Kier alpha value is -2.65. The van der Waals surface area contributed by atoms with E-state index in [9.17, 15) is 10.2 Å². The highest BCUT2D eigenvalue weighted by Crippen LogP contribution is 2.33. The van der Waals surface area contributed by atoms with Crippen molar-refractivity contribution < 1.29 is 24.4 Å². The zero-order valence-electron chi connectivity index (χ0n) is 19.7. The van der Waals surface area contributed by atoms with E-state index in [1.165, 1.54) is 0 Å². The van der Waals surface area contributed by atoms with Crippen molar-refractivity contribution in [1.29, 1.82) is 0 Å². The molecule has 3 rings (SSSR count). The lowest BCUT2D eigenvalue weighted by molar-refractivity contribution is 0.0888. The van der Waals surface area contributed by atoms with Crippen LogP contribution in [0, 0.1) is 0 Å². The first-order chi connectivity index (χ1) is 16.3. The molecule has 1 heterocycles. The molecule has 3 aromatic rings. The molecule has 0 saturated carbocycles. The van der Waals surface area contributed by atoms with Gasteiger partial charge < -0.3 is 24.4 Å². The van der Waals surface area contributed by atoms with Gasteiger partial charge >= 0.3 is 0 Å². The molecule has 0 aliphatic heterocycles. The minimum absolute atomic E-state index is 0.140. The summed E-state index contributed by atoms with van der Waals surface area (Å²) in [6, 6.07) is 15.7. The van der Waals surface area contributed by atoms with Gasteiger partial charge in [-0.3, -0.25) is 0 Å². The number of ether oxygens (including phenoxy) is 3. The molecule has 0 fully saturated rings. The highest BCUT2D eigenvalue weighted by atomic mass is 35.5. The lowest BCUT2D eigenvalue weighted by atomic mass is 9.78. The van der Waals surface area contributed by atoms with E-state index in [1.807, 2.05) is 48.5 Å². The van der Waals surface area contributed by atoms with Gasteiger partial charge in [-0.25, -0.2) is 4.68 Å². The lowest BCUT2D eigenvalue weighted by Gasteiger charge is -2.26. The van der Waals surface area contributed by atoms with Gasteiger partial charge in [0, 0.05) is 12.5 Å². The summed E-state index contributed by atoms with van der Waals surface area (Å²) in [6.45, 7) is 5.27. The van der Waals surface area contributed by atoms with Gasteiger partial charge in [0.15, 0.2) is 0 Å². The van der Waals surface area contributed by atoms with Gasteiger partial charge in [0.25, 0.3) is 0 Å². The molecule has 34 heavy (non-hydrogen) atoms. The summed E-state index contributed by atoms with van der Waals surface area (Å²) in [5, 5.41) is 27.7. The molecule has 2 aromatic carbocycles. The van der Waals surface area contributed by atoms with Crippen molar-refractivity contribution in [2.75, 3.05) is 26.2 Å². The third-order valence-corrected chi connectivity index (χ3v) is 5.85. The molecular weight excluding hydrogens is 458 g/mol. The van der Waals surface area contributed by atoms with Crippen LogP contribution in [0.1, 0.15) is 30.7 Å². The third kappa shape index (κ3) is 7.17. The quantitative estimate of drug-likeness (QED) is 0.356. The first kappa shape index (κ1) is 26.0. The Kier molecular flexibility index (Phi) is 9.29. The molecule has 2 N–H and O–H groups in total. The van der Waals surface area contributed by atoms with Crippen LogP contribution in [-0.4, -0.2) is 63.6 Å². The number of rotatable bonds is 13. The number of halogens is 1. The molecule has 0 unspecified atom stereocenters. The van der Waals surface area contributed by atoms with E-state index in [0.717, 1.165) is 11.1 Å². The molecule has 8 nitrogen and oxygen atoms in total. The third-order valence-electron chi connectivity index (χ3n) is 5.49. The van der Waals surface area contributed by atoms with E-state index in [1.54, 1.807) is 18.0 Å². The molecule has 0 aliphatic rings. The van der Waals surface area contributed by atoms with E-state index in [-0.39, 0.29) is 31.1 Å². The van der Waals surface area contributed by atoms with Crippen LogP contribution in [0.2, 0.25) is 0 Å². The highest BCUT2D eigenvalue weighted by molar-refractivity contribution is 6.18. The SMILES string of the molecule is COCc1cn(C[C@H](O)COc2ccc(C(C)(C)c3ccc(OC[C@H](O)CCl)cc3)cc2)nn1. The van der Waals surface area contributed by atoms with Crippen molar-refractivity contribution >= 4 is 11.6 Å². The van der Waals surface area contributed by atoms with E-state index in [2.05, 4.69) is 24.2 Å². The summed E-state index contributed by atoms with van der Waals surface area (Å²) in [5.41, 5.74) is 2.72. The van der Waals surface area contributed by atoms with Crippen LogP contribution < -0.4 is 9.47 Å². The predicted octanol–water partition coefficient (Wildman–Crippen LogP) is 3.17. The van der Waals surface area contributed by atoms with E-state index < -0.39 is 12.2 Å². The van der Waals surface area contributed by atoms with E-state index >= 15 is 0 Å². The number of hydrogen-bond donors (Lipinski definition) is 2. The number of aromatic nitrogens is 3. The van der Waals surface area contributed by atoms with Crippen molar-refractivity contribution in [2.45, 2.75) is 44.6 Å². The van der Waals surface area contributed by atoms with Gasteiger partial charge in [0.05, 0.1) is 25.2 Å². The maximum absolute atomic E-state index is 10.3. The number of aliphatic hydroxyl groups is 2. The molecule has 0 aliphatic carbocycles. The van der Waals surface area contributed by atoms with Crippen LogP contribution in [0.15, 0.2) is 54.7 Å². The average molecular weight is 490 g/mol. The first-order valence-corrected chi connectivity index (χ1v) is 11.6. The van der Waals surface area contributed by atoms with Crippen molar-refractivity contribution in [2.24, 2.45) is 0 Å². The van der Waals surface area contributed by atoms with Crippen molar-refractivity contribution in [1.82, 2.24) is 15.0 Å². The molecular formula is C25H32ClN3O5. The number of nitrogens with zero attached hydrogens (tertiary/aromatic N) is 3. The fourth-order valence-corrected chi connectivity index (χ4v) is 3.53.